The number of hydrogen-bond donors (Lipinski definition) is 2. The number of nitrogens with zero attached hydrogens (tertiary/aromatic N) is 2. The van der Waals surface area contributed by atoms with Crippen LogP contribution in [-0.4, -0.2) is 72.2 Å². The average Bonchev–Trinajstić information content (AvgIpc) is 2.58. The van der Waals surface area contributed by atoms with Crippen molar-refractivity contribution < 1.29 is 19.4 Å². The van der Waals surface area contributed by atoms with Crippen molar-refractivity contribution in [2.45, 2.75) is 18.6 Å². The molecule has 2 atom stereocenters. The largest absolute Gasteiger partial charge is 0.497 e. The molecular formula is C16H21N3O4. The summed E-state index contributed by atoms with van der Waals surface area (Å²) in [6.07, 6.45) is 0. The second-order valence-corrected chi connectivity index (χ2v) is 5.87. The van der Waals surface area contributed by atoms with Gasteiger partial charge in [0.15, 0.2) is 0 Å². The first-order valence-corrected chi connectivity index (χ1v) is 7.69. The van der Waals surface area contributed by atoms with Crippen molar-refractivity contribution in [2.75, 3.05) is 33.4 Å². The Morgan fingerprint density at radius 1 is 1.26 bits per heavy atom. The van der Waals surface area contributed by atoms with Crippen molar-refractivity contribution in [3.63, 3.8) is 0 Å². The van der Waals surface area contributed by atoms with Gasteiger partial charge in [0, 0.05) is 26.2 Å². The molecule has 0 aromatic heterocycles. The van der Waals surface area contributed by atoms with E-state index in [2.05, 4.69) is 10.2 Å². The topological polar surface area (TPSA) is 82.1 Å². The van der Waals surface area contributed by atoms with Crippen molar-refractivity contribution in [1.82, 2.24) is 15.1 Å². The molecule has 0 saturated carbocycles. The predicted octanol–water partition coefficient (Wildman–Crippen LogP) is -0.801. The van der Waals surface area contributed by atoms with Gasteiger partial charge in [-0.2, -0.15) is 0 Å². The first kappa shape index (κ1) is 15.8. The van der Waals surface area contributed by atoms with E-state index in [9.17, 15) is 14.7 Å². The molecule has 7 heteroatoms. The second kappa shape index (κ2) is 6.55. The number of fused-ring (bicyclic) bond motifs is 1. The van der Waals surface area contributed by atoms with E-state index >= 15 is 0 Å². The lowest BCUT2D eigenvalue weighted by molar-refractivity contribution is -0.154. The van der Waals surface area contributed by atoms with Crippen LogP contribution in [0.25, 0.3) is 0 Å². The van der Waals surface area contributed by atoms with Crippen LogP contribution in [-0.2, 0) is 16.1 Å². The molecule has 2 N–H and O–H groups in total. The van der Waals surface area contributed by atoms with Gasteiger partial charge in [0.05, 0.1) is 13.7 Å². The molecule has 0 radical (unpaired) electrons. The predicted molar refractivity (Wildman–Crippen MR) is 82.8 cm³/mol. The number of hydrogen-bond acceptors (Lipinski definition) is 5. The van der Waals surface area contributed by atoms with Crippen LogP contribution in [0.5, 0.6) is 5.75 Å². The van der Waals surface area contributed by atoms with Crippen LogP contribution in [0.4, 0.5) is 0 Å². The molecule has 2 amide bonds. The van der Waals surface area contributed by atoms with Crippen LogP contribution in [0.2, 0.25) is 0 Å². The van der Waals surface area contributed by atoms with Gasteiger partial charge in [-0.05, 0) is 17.7 Å². The van der Waals surface area contributed by atoms with Crippen LogP contribution < -0.4 is 10.1 Å². The summed E-state index contributed by atoms with van der Waals surface area (Å²) >= 11 is 0. The lowest BCUT2D eigenvalue weighted by atomic mass is 10.0. The van der Waals surface area contributed by atoms with Gasteiger partial charge in [-0.3, -0.25) is 14.5 Å². The number of carbonyl (C=O) groups excluding carboxylic acids is 2. The van der Waals surface area contributed by atoms with E-state index in [0.717, 1.165) is 17.9 Å². The van der Waals surface area contributed by atoms with E-state index in [0.29, 0.717) is 19.6 Å². The Hall–Kier alpha value is -2.12. The lowest BCUT2D eigenvalue weighted by Gasteiger charge is -2.45. The van der Waals surface area contributed by atoms with Gasteiger partial charge in [0.2, 0.25) is 11.8 Å². The number of amides is 2. The maximum atomic E-state index is 12.2. The number of piperazine rings is 2. The highest BCUT2D eigenvalue weighted by Crippen LogP contribution is 2.19. The first-order valence-electron chi connectivity index (χ1n) is 7.69. The second-order valence-electron chi connectivity index (χ2n) is 5.87. The Morgan fingerprint density at radius 3 is 2.65 bits per heavy atom. The van der Waals surface area contributed by atoms with E-state index in [4.69, 9.17) is 4.74 Å². The summed E-state index contributed by atoms with van der Waals surface area (Å²) in [5, 5.41) is 11.8. The zero-order valence-corrected chi connectivity index (χ0v) is 13.1. The molecule has 23 heavy (non-hydrogen) atoms. The monoisotopic (exact) mass is 319 g/mol. The number of methoxy groups -OCH3 is 1. The minimum Gasteiger partial charge on any atom is -0.497 e. The zero-order chi connectivity index (χ0) is 16.4. The van der Waals surface area contributed by atoms with E-state index in [1.165, 1.54) is 0 Å². The molecule has 1 aromatic carbocycles. The van der Waals surface area contributed by atoms with Crippen LogP contribution >= 0.6 is 0 Å². The fraction of sp³-hybridized carbons (Fsp3) is 0.500. The number of nitrogens with one attached hydrogen (secondary N) is 1. The van der Waals surface area contributed by atoms with Crippen LogP contribution in [0.3, 0.4) is 0 Å². The summed E-state index contributed by atoms with van der Waals surface area (Å²) in [7, 11) is 1.63. The summed E-state index contributed by atoms with van der Waals surface area (Å²) < 4.78 is 5.15. The molecule has 0 bridgehead atoms. The van der Waals surface area contributed by atoms with Gasteiger partial charge in [0.25, 0.3) is 0 Å². The quantitative estimate of drug-likeness (QED) is 0.759. The van der Waals surface area contributed by atoms with Crippen molar-refractivity contribution in [3.05, 3.63) is 29.8 Å². The Labute approximate surface area is 134 Å². The molecule has 0 aliphatic carbocycles. The Kier molecular flexibility index (Phi) is 4.49. The molecule has 2 fully saturated rings. The highest BCUT2D eigenvalue weighted by atomic mass is 16.5. The highest BCUT2D eigenvalue weighted by Gasteiger charge is 2.42. The standard InChI is InChI=1S/C16H21N3O4/c1-23-12-4-2-11(3-5-12)8-18-6-7-19-14(9-18)15(21)17-13(10-20)16(19)22/h2-5,13-14,20H,6-10H2,1H3,(H,17,21)/t13-,14-/m1/s1. The van der Waals surface area contributed by atoms with Crippen molar-refractivity contribution in [2.24, 2.45) is 0 Å². The number of aliphatic hydroxyl groups is 1. The smallest absolute Gasteiger partial charge is 0.248 e. The Bertz CT molecular complexity index is 589. The first-order chi connectivity index (χ1) is 11.1. The van der Waals surface area contributed by atoms with Crippen molar-refractivity contribution >= 4 is 11.8 Å². The maximum absolute atomic E-state index is 12.2. The molecule has 1 aromatic rings. The van der Waals surface area contributed by atoms with E-state index in [1.807, 2.05) is 24.3 Å². The molecule has 2 saturated heterocycles. The molecule has 3 rings (SSSR count). The summed E-state index contributed by atoms with van der Waals surface area (Å²) in [6, 6.07) is 6.55. The van der Waals surface area contributed by atoms with Gasteiger partial charge in [-0.1, -0.05) is 12.1 Å². The Morgan fingerprint density at radius 2 is 2.00 bits per heavy atom. The molecular weight excluding hydrogens is 298 g/mol. The van der Waals surface area contributed by atoms with Crippen LogP contribution in [0.15, 0.2) is 24.3 Å². The number of ether oxygens (including phenoxy) is 1. The number of rotatable bonds is 4. The summed E-state index contributed by atoms with van der Waals surface area (Å²) in [5.74, 6) is 0.426. The third-order valence-corrected chi connectivity index (χ3v) is 4.41. The van der Waals surface area contributed by atoms with Crippen LogP contribution in [0.1, 0.15) is 5.56 Å². The molecule has 2 aliphatic heterocycles. The van der Waals surface area contributed by atoms with Gasteiger partial charge in [0.1, 0.15) is 17.8 Å². The summed E-state index contributed by atoms with van der Waals surface area (Å²) in [5.41, 5.74) is 1.13. The highest BCUT2D eigenvalue weighted by molar-refractivity contribution is 5.97. The lowest BCUT2D eigenvalue weighted by Crippen LogP contribution is -2.69. The molecule has 0 unspecified atom stereocenters. The zero-order valence-electron chi connectivity index (χ0n) is 13.1. The summed E-state index contributed by atoms with van der Waals surface area (Å²) in [6.45, 7) is 2.08. The van der Waals surface area contributed by atoms with Gasteiger partial charge >= 0.3 is 0 Å². The molecule has 0 spiro atoms. The maximum Gasteiger partial charge on any atom is 0.248 e. The minimum atomic E-state index is -0.799. The fourth-order valence-corrected chi connectivity index (χ4v) is 3.11. The van der Waals surface area contributed by atoms with Crippen LogP contribution in [0, 0.1) is 0 Å². The van der Waals surface area contributed by atoms with Gasteiger partial charge in [-0.25, -0.2) is 0 Å². The summed E-state index contributed by atoms with van der Waals surface area (Å²) in [4.78, 5) is 28.1. The number of carbonyl (C=O) groups is 2. The van der Waals surface area contributed by atoms with Crippen molar-refractivity contribution in [3.8, 4) is 5.75 Å². The molecule has 124 valence electrons. The van der Waals surface area contributed by atoms with Crippen molar-refractivity contribution in [1.29, 1.82) is 0 Å². The minimum absolute atomic E-state index is 0.192. The fourth-order valence-electron chi connectivity index (χ4n) is 3.11. The third kappa shape index (κ3) is 3.16. The van der Waals surface area contributed by atoms with Gasteiger partial charge < -0.3 is 20.1 Å². The molecule has 2 heterocycles. The molecule has 7 nitrogen and oxygen atoms in total. The van der Waals surface area contributed by atoms with E-state index in [-0.39, 0.29) is 18.4 Å². The number of aliphatic hydroxyl groups excluding tert-OH is 1. The SMILES string of the molecule is COc1ccc(CN2CCN3C(=O)[C@@H](CO)NC(=O)[C@H]3C2)cc1. The van der Waals surface area contributed by atoms with E-state index < -0.39 is 12.1 Å². The molecule has 2 aliphatic rings. The van der Waals surface area contributed by atoms with Gasteiger partial charge in [-0.15, -0.1) is 0 Å². The van der Waals surface area contributed by atoms with E-state index in [1.54, 1.807) is 12.0 Å². The average molecular weight is 319 g/mol. The third-order valence-electron chi connectivity index (χ3n) is 4.41. The normalized spacial score (nSPS) is 25.0. The Balaban J connectivity index is 1.65. The number of benzene rings is 1.